The Labute approximate surface area is 514 Å². The molecule has 0 saturated carbocycles. The summed E-state index contributed by atoms with van der Waals surface area (Å²) in [4.78, 5) is 44.1. The summed E-state index contributed by atoms with van der Waals surface area (Å²) in [6.45, 7) is 40.4. The maximum atomic E-state index is 5.76. The van der Waals surface area contributed by atoms with Crippen LogP contribution in [0.2, 0.25) is 0 Å². The molecule has 11 rings (SSSR count). The Hall–Kier alpha value is -7.87. The van der Waals surface area contributed by atoms with Gasteiger partial charge in [0.25, 0.3) is 0 Å². The predicted octanol–water partition coefficient (Wildman–Crippen LogP) is 18.3. The SMILES string of the molecule is CC(C)(C)c1ccc(C2=C(c3ccc(C(C)(C)C)cc3)c3nc2nc2ccc(nc4nc(nc5[n-]c(n3)c(-c3ccc(C(C)(C)C)cc3)c5-c3ccc(C(C)(C)C)cc3)C(c3ccc(C(C)(C)C)cc3)=C4c3ccc(C(C)(C)C)cc3)[n-]2)cc1.[Ni+2]. The van der Waals surface area contributed by atoms with Gasteiger partial charge >= 0.3 is 16.5 Å². The fraction of sp³-hybridized carbons (Fsp3) is 0.316. The van der Waals surface area contributed by atoms with Crippen molar-refractivity contribution in [3.63, 3.8) is 0 Å². The van der Waals surface area contributed by atoms with Crippen molar-refractivity contribution in [3.05, 3.63) is 237 Å². The van der Waals surface area contributed by atoms with Crippen molar-refractivity contribution in [2.24, 2.45) is 0 Å². The molecule has 0 aliphatic carbocycles. The molecule has 8 nitrogen and oxygen atoms in total. The molecule has 8 bridgehead atoms. The van der Waals surface area contributed by atoms with E-state index in [1.54, 1.807) is 0 Å². The van der Waals surface area contributed by atoms with Crippen LogP contribution in [0.1, 0.15) is 204 Å². The minimum Gasteiger partial charge on any atom is -0.358 e. The van der Waals surface area contributed by atoms with Gasteiger partial charge < -0.3 is 29.9 Å². The van der Waals surface area contributed by atoms with Gasteiger partial charge in [0.2, 0.25) is 0 Å². The van der Waals surface area contributed by atoms with Gasteiger partial charge in [-0.25, -0.2) is 9.97 Å². The van der Waals surface area contributed by atoms with Gasteiger partial charge in [-0.15, -0.1) is 0 Å². The summed E-state index contributed by atoms with van der Waals surface area (Å²) in [5.74, 6) is 1.94. The molecule has 3 aromatic heterocycles. The average molecular weight is 1160 g/mol. The first kappa shape index (κ1) is 60.3. The van der Waals surface area contributed by atoms with E-state index in [0.29, 0.717) is 45.9 Å². The number of hydrogen-bond donors (Lipinski definition) is 0. The summed E-state index contributed by atoms with van der Waals surface area (Å²) >= 11 is 0. The average Bonchev–Trinajstić information content (AvgIpc) is 1.81. The van der Waals surface area contributed by atoms with Crippen LogP contribution in [0.25, 0.3) is 67.1 Å². The number of nitrogens with zero attached hydrogens (tertiary/aromatic N) is 8. The maximum absolute atomic E-state index is 5.76. The van der Waals surface area contributed by atoms with Crippen LogP contribution in [0.4, 0.5) is 0 Å². The van der Waals surface area contributed by atoms with Gasteiger partial charge in [0.1, 0.15) is 0 Å². The molecular weight excluding hydrogens is 1080 g/mol. The van der Waals surface area contributed by atoms with Crippen molar-refractivity contribution in [1.82, 2.24) is 39.9 Å². The molecular formula is C76H80N8Ni. The van der Waals surface area contributed by atoms with Gasteiger partial charge in [0.15, 0.2) is 0 Å². The molecule has 2 aliphatic rings. The zero-order valence-corrected chi connectivity index (χ0v) is 53.9. The summed E-state index contributed by atoms with van der Waals surface area (Å²) in [6, 6.07) is 56.9. The first-order chi connectivity index (χ1) is 39.4. The van der Waals surface area contributed by atoms with Crippen molar-refractivity contribution in [2.45, 2.75) is 157 Å². The third-order valence-corrected chi connectivity index (χ3v) is 16.4. The predicted molar refractivity (Wildman–Crippen MR) is 349 cm³/mol. The van der Waals surface area contributed by atoms with Crippen molar-refractivity contribution >= 4 is 44.9 Å². The molecule has 0 amide bonds. The van der Waals surface area contributed by atoms with E-state index in [2.05, 4.69) is 270 Å². The van der Waals surface area contributed by atoms with Gasteiger partial charge in [-0.1, -0.05) is 270 Å². The first-order valence-electron chi connectivity index (χ1n) is 29.7. The molecule has 0 atom stereocenters. The summed E-state index contributed by atoms with van der Waals surface area (Å²) in [5.41, 5.74) is 19.6. The molecule has 2 aliphatic heterocycles. The standard InChI is InChI=1S/C76H80N8.Ni/c1-71(2,3)51-31-19-45(20-32-51)59-61(47-23-35-53(36-24-47)73(7,8)9)67-80-65(59)78-57-43-44-58(77-57)79-66-60(46-21-33-52(34-22-46)72(4,5)6)62(48-25-37-54(38-26-48)74(10,11)12)68(81-66)83-70-64(50-29-41-56(42-30-50)76(16,17)18)63(69(82-67)84-70)49-27-39-55(40-28-49)75(13,14)15;/h19-44H,1-18H3;/q-2;+2. The quantitative estimate of drug-likeness (QED) is 0.152. The van der Waals surface area contributed by atoms with Crippen LogP contribution in [-0.4, -0.2) is 29.9 Å². The molecule has 6 aromatic carbocycles. The second-order valence-electron chi connectivity index (χ2n) is 29.1. The second kappa shape index (κ2) is 21.9. The van der Waals surface area contributed by atoms with E-state index in [1.165, 1.54) is 33.4 Å². The molecule has 0 saturated heterocycles. The normalized spacial score (nSPS) is 13.6. The van der Waals surface area contributed by atoms with Gasteiger partial charge in [-0.3, -0.25) is 0 Å². The van der Waals surface area contributed by atoms with Crippen molar-refractivity contribution in [2.75, 3.05) is 0 Å². The van der Waals surface area contributed by atoms with Crippen LogP contribution in [0.15, 0.2) is 158 Å². The Kier molecular flexibility index (Phi) is 15.5. The number of rotatable bonds is 6. The minimum atomic E-state index is -0.0838. The van der Waals surface area contributed by atoms with Gasteiger partial charge in [-0.05, 0) is 111 Å². The van der Waals surface area contributed by atoms with Crippen LogP contribution in [0.3, 0.4) is 0 Å². The second-order valence-corrected chi connectivity index (χ2v) is 29.1. The van der Waals surface area contributed by atoms with E-state index < -0.39 is 0 Å². The van der Waals surface area contributed by atoms with Crippen LogP contribution in [-0.2, 0) is 49.0 Å². The zero-order valence-electron chi connectivity index (χ0n) is 52.9. The summed E-state index contributed by atoms with van der Waals surface area (Å²) in [7, 11) is 0. The third-order valence-electron chi connectivity index (χ3n) is 16.4. The summed E-state index contributed by atoms with van der Waals surface area (Å²) in [5, 5.41) is 0. The largest absolute Gasteiger partial charge is 2.00 e. The number of benzene rings is 6. The molecule has 0 spiro atoms. The number of fused-ring (bicyclic) bond motifs is 8. The number of aromatic nitrogens is 8. The topological polar surface area (TPSA) is 106 Å². The Balaban J connectivity index is 0.00000803. The zero-order chi connectivity index (χ0) is 60.1. The van der Waals surface area contributed by atoms with E-state index in [9.17, 15) is 0 Å². The Morgan fingerprint density at radius 1 is 0.224 bits per heavy atom. The van der Waals surface area contributed by atoms with E-state index >= 15 is 0 Å². The molecule has 0 fully saturated rings. The van der Waals surface area contributed by atoms with Crippen LogP contribution in [0.5, 0.6) is 0 Å². The monoisotopic (exact) mass is 1160 g/mol. The molecule has 0 unspecified atom stereocenters. The van der Waals surface area contributed by atoms with Gasteiger partial charge in [-0.2, -0.15) is 0 Å². The smallest absolute Gasteiger partial charge is 0.358 e. The van der Waals surface area contributed by atoms with Crippen LogP contribution in [0, 0.1) is 0 Å². The van der Waals surface area contributed by atoms with Gasteiger partial charge in [0, 0.05) is 56.0 Å². The third kappa shape index (κ3) is 12.2. The summed E-state index contributed by atoms with van der Waals surface area (Å²) in [6.07, 6.45) is 0. The van der Waals surface area contributed by atoms with Crippen LogP contribution >= 0.6 is 0 Å². The molecule has 434 valence electrons. The molecule has 85 heavy (non-hydrogen) atoms. The Morgan fingerprint density at radius 2 is 0.424 bits per heavy atom. The maximum Gasteiger partial charge on any atom is 2.00 e. The van der Waals surface area contributed by atoms with E-state index in [4.69, 9.17) is 39.9 Å². The van der Waals surface area contributed by atoms with Crippen molar-refractivity contribution in [3.8, 4) is 22.3 Å². The molecule has 9 heteroatoms. The molecule has 9 aromatic rings. The Bertz CT molecular complexity index is 3940. The molecule has 0 radical (unpaired) electrons. The van der Waals surface area contributed by atoms with E-state index in [0.717, 1.165) is 66.8 Å². The van der Waals surface area contributed by atoms with Crippen molar-refractivity contribution in [1.29, 1.82) is 0 Å². The molecule has 5 heterocycles. The fourth-order valence-electron chi connectivity index (χ4n) is 11.1. The van der Waals surface area contributed by atoms with Crippen molar-refractivity contribution < 1.29 is 16.5 Å². The van der Waals surface area contributed by atoms with Gasteiger partial charge in [0.05, 0.1) is 23.3 Å². The first-order valence-corrected chi connectivity index (χ1v) is 29.7. The summed E-state index contributed by atoms with van der Waals surface area (Å²) < 4.78 is 0. The van der Waals surface area contributed by atoms with E-state index in [1.807, 2.05) is 12.1 Å². The fourth-order valence-corrected chi connectivity index (χ4v) is 11.1. The Morgan fingerprint density at radius 3 is 0.635 bits per heavy atom. The number of hydrogen-bond acceptors (Lipinski definition) is 6. The minimum absolute atomic E-state index is 0. The van der Waals surface area contributed by atoms with Crippen LogP contribution < -0.4 is 9.97 Å². The molecule has 0 N–H and O–H groups in total. The van der Waals surface area contributed by atoms with E-state index in [-0.39, 0.29) is 49.0 Å².